The van der Waals surface area contributed by atoms with Crippen molar-refractivity contribution in [3.63, 3.8) is 0 Å². The van der Waals surface area contributed by atoms with E-state index in [1.165, 1.54) is 0 Å². The first-order chi connectivity index (χ1) is 13.4. The molecular formula is C17H17Cl2N3O6. The van der Waals surface area contributed by atoms with Gasteiger partial charge in [-0.15, -0.1) is 0 Å². The number of nitrogens with one attached hydrogen (secondary N) is 2. The van der Waals surface area contributed by atoms with E-state index >= 15 is 0 Å². The minimum absolute atomic E-state index is 0.0269. The van der Waals surface area contributed by atoms with Gasteiger partial charge in [0.25, 0.3) is 0 Å². The molecule has 2 aromatic rings. The quantitative estimate of drug-likeness (QED) is 0.757. The van der Waals surface area contributed by atoms with E-state index in [1.54, 1.807) is 18.2 Å². The second-order valence-electron chi connectivity index (χ2n) is 6.06. The van der Waals surface area contributed by atoms with Gasteiger partial charge in [0.15, 0.2) is 0 Å². The van der Waals surface area contributed by atoms with Gasteiger partial charge >= 0.3 is 16.9 Å². The largest absolute Gasteiger partial charge is 0.383 e. The fourth-order valence-corrected chi connectivity index (χ4v) is 3.14. The standard InChI is InChI=1S/C17H17Cl2N3O6/c18-12-2-1-10(7-13(12)19)16-11(8-20-5-6-26-16)9-22-17(25)21-27-14(23)3-4-15(24)28-22/h1-4,7,11,16,20H,5-6,8-9H2,(H,21,25)/t11-,16-/m1/s1. The molecule has 1 aromatic carbocycles. The van der Waals surface area contributed by atoms with Crippen LogP contribution in [-0.2, 0) is 11.3 Å². The summed E-state index contributed by atoms with van der Waals surface area (Å²) in [5.41, 5.74) is -1.92. The molecule has 0 amide bonds. The monoisotopic (exact) mass is 429 g/mol. The lowest BCUT2D eigenvalue weighted by Crippen LogP contribution is -2.33. The Kier molecular flexibility index (Phi) is 6.74. The second-order valence-corrected chi connectivity index (χ2v) is 6.88. The van der Waals surface area contributed by atoms with Crippen molar-refractivity contribution in [3.8, 4) is 0 Å². The summed E-state index contributed by atoms with van der Waals surface area (Å²) >= 11 is 12.1. The van der Waals surface area contributed by atoms with Crippen LogP contribution in [0.25, 0.3) is 0 Å². The van der Waals surface area contributed by atoms with E-state index in [-0.39, 0.29) is 12.5 Å². The summed E-state index contributed by atoms with van der Waals surface area (Å²) in [6.07, 6.45) is -0.443. The van der Waals surface area contributed by atoms with Crippen molar-refractivity contribution < 1.29 is 13.8 Å². The van der Waals surface area contributed by atoms with E-state index < -0.39 is 23.0 Å². The minimum Gasteiger partial charge on any atom is -0.372 e. The number of nitrogens with zero attached hydrogens (tertiary/aromatic N) is 1. The maximum absolute atomic E-state index is 12.2. The molecule has 0 spiro atoms. The highest BCUT2D eigenvalue weighted by molar-refractivity contribution is 6.42. The molecule has 1 fully saturated rings. The number of rotatable bonds is 3. The Morgan fingerprint density at radius 2 is 1.86 bits per heavy atom. The van der Waals surface area contributed by atoms with Crippen LogP contribution in [0.2, 0.25) is 10.0 Å². The van der Waals surface area contributed by atoms with Crippen LogP contribution in [0.3, 0.4) is 0 Å². The average Bonchev–Trinajstić information content (AvgIpc) is 2.88. The van der Waals surface area contributed by atoms with Crippen molar-refractivity contribution in [2.75, 3.05) is 19.7 Å². The molecule has 28 heavy (non-hydrogen) atoms. The fraction of sp³-hybridized carbons (Fsp3) is 0.353. The molecule has 1 aliphatic rings. The van der Waals surface area contributed by atoms with Crippen LogP contribution in [-0.4, -0.2) is 29.6 Å². The summed E-state index contributed by atoms with van der Waals surface area (Å²) in [6.45, 7) is 1.50. The third-order valence-corrected chi connectivity index (χ3v) is 4.84. The Hall–Kier alpha value is -2.33. The molecule has 2 atom stereocenters. The Bertz CT molecular complexity index is 1060. The molecule has 0 bridgehead atoms. The van der Waals surface area contributed by atoms with Crippen LogP contribution in [0.5, 0.6) is 0 Å². The minimum atomic E-state index is -0.903. The van der Waals surface area contributed by atoms with E-state index in [9.17, 15) is 14.4 Å². The lowest BCUT2D eigenvalue weighted by atomic mass is 9.95. The Balaban J connectivity index is 2.01. The van der Waals surface area contributed by atoms with Crippen LogP contribution >= 0.6 is 23.2 Å². The first-order valence-corrected chi connectivity index (χ1v) is 9.15. The van der Waals surface area contributed by atoms with Crippen LogP contribution in [0.15, 0.2) is 53.8 Å². The Labute approximate surface area is 168 Å². The Morgan fingerprint density at radius 3 is 2.64 bits per heavy atom. The highest BCUT2D eigenvalue weighted by Gasteiger charge is 2.28. The summed E-state index contributed by atoms with van der Waals surface area (Å²) < 4.78 is 16.3. The van der Waals surface area contributed by atoms with Crippen molar-refractivity contribution in [1.29, 1.82) is 0 Å². The maximum Gasteiger partial charge on any atom is 0.383 e. The summed E-state index contributed by atoms with van der Waals surface area (Å²) in [5.74, 6) is -0.307. The number of aromatic amines is 1. The smallest absolute Gasteiger partial charge is 0.372 e. The van der Waals surface area contributed by atoms with Gasteiger partial charge < -0.3 is 19.1 Å². The number of H-pyrrole nitrogens is 1. The molecule has 1 saturated heterocycles. The maximum atomic E-state index is 12.2. The van der Waals surface area contributed by atoms with E-state index in [0.29, 0.717) is 29.7 Å². The highest BCUT2D eigenvalue weighted by atomic mass is 35.5. The van der Waals surface area contributed by atoms with Gasteiger partial charge in [0, 0.05) is 31.1 Å². The van der Waals surface area contributed by atoms with E-state index in [2.05, 4.69) is 9.84 Å². The molecule has 3 rings (SSSR count). The third kappa shape index (κ3) is 5.14. The van der Waals surface area contributed by atoms with Gasteiger partial charge in [0.05, 0.1) is 29.3 Å². The highest BCUT2D eigenvalue weighted by Crippen LogP contribution is 2.32. The van der Waals surface area contributed by atoms with Gasteiger partial charge in [-0.1, -0.05) is 29.3 Å². The molecule has 9 nitrogen and oxygen atoms in total. The number of hydrogen-bond donors (Lipinski definition) is 2. The zero-order valence-electron chi connectivity index (χ0n) is 14.5. The number of aromatic nitrogens is 2. The number of hydrogen-bond acceptors (Lipinski definition) is 7. The first-order valence-electron chi connectivity index (χ1n) is 8.39. The van der Waals surface area contributed by atoms with Crippen LogP contribution < -0.4 is 22.3 Å². The molecule has 150 valence electrons. The second kappa shape index (κ2) is 9.24. The lowest BCUT2D eigenvalue weighted by Gasteiger charge is -2.25. The van der Waals surface area contributed by atoms with Gasteiger partial charge in [-0.25, -0.2) is 14.4 Å². The van der Waals surface area contributed by atoms with Crippen LogP contribution in [0.1, 0.15) is 11.7 Å². The zero-order chi connectivity index (χ0) is 20.1. The molecule has 0 saturated carbocycles. The third-order valence-electron chi connectivity index (χ3n) is 4.10. The normalized spacial score (nSPS) is 19.6. The van der Waals surface area contributed by atoms with Crippen molar-refractivity contribution in [3.05, 3.63) is 77.3 Å². The van der Waals surface area contributed by atoms with Gasteiger partial charge in [-0.2, -0.15) is 9.90 Å². The predicted molar refractivity (Wildman–Crippen MR) is 101 cm³/mol. The molecule has 0 aliphatic carbocycles. The molecule has 2 N–H and O–H groups in total. The molecule has 11 heteroatoms. The fourth-order valence-electron chi connectivity index (χ4n) is 2.84. The molecular weight excluding hydrogens is 413 g/mol. The topological polar surface area (TPSA) is 119 Å². The van der Waals surface area contributed by atoms with Crippen LogP contribution in [0.4, 0.5) is 0 Å². The van der Waals surface area contributed by atoms with Crippen molar-refractivity contribution in [2.45, 2.75) is 12.6 Å². The van der Waals surface area contributed by atoms with E-state index in [4.69, 9.17) is 32.5 Å². The van der Waals surface area contributed by atoms with Crippen LogP contribution in [0, 0.1) is 5.92 Å². The van der Waals surface area contributed by atoms with Crippen molar-refractivity contribution in [1.82, 2.24) is 15.2 Å². The summed E-state index contributed by atoms with van der Waals surface area (Å²) in [7, 11) is 0. The van der Waals surface area contributed by atoms with Gasteiger partial charge in [-0.3, -0.25) is 0 Å². The first kappa shape index (κ1) is 20.4. The summed E-state index contributed by atoms with van der Waals surface area (Å²) in [4.78, 5) is 35.4. The number of benzene rings is 1. The SMILES string of the molecule is O=c1ccc(=O)on(C[C@H]2CNCCO[C@@H]2c2ccc(Cl)c(Cl)c2)c(=O)[nH]o1. The molecule has 1 aliphatic heterocycles. The van der Waals surface area contributed by atoms with Gasteiger partial charge in [0.2, 0.25) is 0 Å². The number of halogens is 2. The molecule has 2 heterocycles. The van der Waals surface area contributed by atoms with Crippen molar-refractivity contribution >= 4 is 23.2 Å². The zero-order valence-corrected chi connectivity index (χ0v) is 16.0. The predicted octanol–water partition coefficient (Wildman–Crippen LogP) is 1.49. The van der Waals surface area contributed by atoms with Gasteiger partial charge in [0.1, 0.15) is 0 Å². The molecule has 1 aromatic heterocycles. The van der Waals surface area contributed by atoms with Gasteiger partial charge in [-0.05, 0) is 17.7 Å². The lowest BCUT2D eigenvalue weighted by molar-refractivity contribution is 0.0144. The molecule has 0 unspecified atom stereocenters. The average molecular weight is 430 g/mol. The Morgan fingerprint density at radius 1 is 1.07 bits per heavy atom. The number of ether oxygens (including phenoxy) is 1. The molecule has 0 radical (unpaired) electrons. The summed E-state index contributed by atoms with van der Waals surface area (Å²) in [5, 5.41) is 5.92. The van der Waals surface area contributed by atoms with E-state index in [1.807, 2.05) is 5.16 Å². The van der Waals surface area contributed by atoms with Crippen molar-refractivity contribution in [2.24, 2.45) is 5.92 Å². The summed E-state index contributed by atoms with van der Waals surface area (Å²) in [6, 6.07) is 6.86. The van der Waals surface area contributed by atoms with E-state index in [0.717, 1.165) is 22.4 Å².